The molecule has 1 fully saturated rings. The third kappa shape index (κ3) is 3.15. The van der Waals surface area contributed by atoms with E-state index in [4.69, 9.17) is 5.73 Å². The normalized spacial score (nSPS) is 23.8. The molecule has 0 spiro atoms. The van der Waals surface area contributed by atoms with Crippen LogP contribution in [0.2, 0.25) is 0 Å². The molecule has 3 N–H and O–H groups in total. The van der Waals surface area contributed by atoms with Crippen LogP contribution in [0.1, 0.15) is 56.9 Å². The van der Waals surface area contributed by atoms with Crippen LogP contribution in [-0.4, -0.2) is 27.6 Å². The van der Waals surface area contributed by atoms with Crippen molar-refractivity contribution in [2.45, 2.75) is 65.1 Å². The average molecular weight is 278 g/mol. The summed E-state index contributed by atoms with van der Waals surface area (Å²) in [5.41, 5.74) is 10.2. The topological polar surface area (TPSA) is 63.3 Å². The van der Waals surface area contributed by atoms with E-state index in [1.165, 1.54) is 6.42 Å². The van der Waals surface area contributed by atoms with Crippen LogP contribution < -0.4 is 11.2 Å². The van der Waals surface area contributed by atoms with E-state index < -0.39 is 0 Å². The van der Waals surface area contributed by atoms with Gasteiger partial charge in [-0.3, -0.25) is 10.2 Å². The van der Waals surface area contributed by atoms with Crippen LogP contribution in [0.15, 0.2) is 12.3 Å². The number of aryl methyl sites for hydroxylation is 1. The minimum atomic E-state index is -0.0595. The molecular formula is C15H26N4O. The molecule has 0 aromatic carbocycles. The number of piperidine rings is 1. The Balaban J connectivity index is 2.11. The molecule has 0 radical (unpaired) electrons. The monoisotopic (exact) mass is 278 g/mol. The maximum absolute atomic E-state index is 12.5. The Bertz CT molecular complexity index is 458. The first-order chi connectivity index (χ1) is 9.52. The zero-order valence-electron chi connectivity index (χ0n) is 12.7. The second-order valence-corrected chi connectivity index (χ2v) is 5.83. The number of carbonyl (C=O) groups excluding carboxylic acids is 1. The number of hydrogen-bond donors (Lipinski definition) is 2. The molecule has 2 heterocycles. The predicted octanol–water partition coefficient (Wildman–Crippen LogP) is 2.39. The Morgan fingerprint density at radius 1 is 1.40 bits per heavy atom. The number of carbonyl (C=O) groups is 1. The number of hydrazine groups is 1. The Hall–Kier alpha value is -1.49. The van der Waals surface area contributed by atoms with E-state index in [1.54, 1.807) is 6.07 Å². The SMILES string of the molecule is CCCn1cc(N)cc1C(=O)NN1C(C)CCCC1C. The van der Waals surface area contributed by atoms with E-state index in [-0.39, 0.29) is 5.91 Å². The highest BCUT2D eigenvalue weighted by atomic mass is 16.2. The van der Waals surface area contributed by atoms with Gasteiger partial charge in [0.15, 0.2) is 0 Å². The summed E-state index contributed by atoms with van der Waals surface area (Å²) in [4.78, 5) is 12.5. The second-order valence-electron chi connectivity index (χ2n) is 5.83. The van der Waals surface area contributed by atoms with Gasteiger partial charge in [0.05, 0.1) is 5.69 Å². The van der Waals surface area contributed by atoms with Gasteiger partial charge in [-0.15, -0.1) is 0 Å². The van der Waals surface area contributed by atoms with Crippen LogP contribution in [0.5, 0.6) is 0 Å². The van der Waals surface area contributed by atoms with Crippen LogP contribution >= 0.6 is 0 Å². The third-order valence-corrected chi connectivity index (χ3v) is 4.04. The van der Waals surface area contributed by atoms with Crippen LogP contribution in [0.4, 0.5) is 5.69 Å². The first kappa shape index (κ1) is 14.9. The third-order valence-electron chi connectivity index (χ3n) is 4.04. The molecule has 112 valence electrons. The van der Waals surface area contributed by atoms with E-state index in [9.17, 15) is 4.79 Å². The van der Waals surface area contributed by atoms with Crippen molar-refractivity contribution in [3.05, 3.63) is 18.0 Å². The van der Waals surface area contributed by atoms with Crippen molar-refractivity contribution in [2.24, 2.45) is 0 Å². The molecule has 1 saturated heterocycles. The van der Waals surface area contributed by atoms with Crippen LogP contribution in [0, 0.1) is 0 Å². The van der Waals surface area contributed by atoms with Gasteiger partial charge < -0.3 is 10.3 Å². The fourth-order valence-corrected chi connectivity index (χ4v) is 2.97. The Labute approximate surface area is 121 Å². The van der Waals surface area contributed by atoms with Crippen molar-refractivity contribution < 1.29 is 4.79 Å². The summed E-state index contributed by atoms with van der Waals surface area (Å²) in [5.74, 6) is -0.0595. The number of aromatic nitrogens is 1. The molecule has 5 nitrogen and oxygen atoms in total. The van der Waals surface area contributed by atoms with E-state index in [1.807, 2.05) is 10.8 Å². The van der Waals surface area contributed by atoms with Crippen LogP contribution in [0.25, 0.3) is 0 Å². The second kappa shape index (κ2) is 6.31. The average Bonchev–Trinajstić information content (AvgIpc) is 2.75. The van der Waals surface area contributed by atoms with Gasteiger partial charge in [-0.05, 0) is 39.2 Å². The number of hydrogen-bond acceptors (Lipinski definition) is 3. The van der Waals surface area contributed by atoms with Crippen LogP contribution in [-0.2, 0) is 6.54 Å². The number of anilines is 1. The van der Waals surface area contributed by atoms with Gasteiger partial charge in [0.25, 0.3) is 5.91 Å². The first-order valence-electron chi connectivity index (χ1n) is 7.58. The van der Waals surface area contributed by atoms with E-state index in [2.05, 4.69) is 31.2 Å². The lowest BCUT2D eigenvalue weighted by molar-refractivity contribution is 0.0363. The fraction of sp³-hybridized carbons (Fsp3) is 0.667. The molecule has 1 aliphatic rings. The van der Waals surface area contributed by atoms with Crippen molar-refractivity contribution in [3.8, 4) is 0 Å². The molecular weight excluding hydrogens is 252 g/mol. The van der Waals surface area contributed by atoms with Gasteiger partial charge in [-0.2, -0.15) is 0 Å². The highest BCUT2D eigenvalue weighted by Crippen LogP contribution is 2.21. The van der Waals surface area contributed by atoms with Crippen molar-refractivity contribution in [1.29, 1.82) is 0 Å². The molecule has 0 bridgehead atoms. The summed E-state index contributed by atoms with van der Waals surface area (Å²) in [6, 6.07) is 2.52. The molecule has 1 aliphatic heterocycles. The molecule has 2 rings (SSSR count). The largest absolute Gasteiger partial charge is 0.397 e. The molecule has 2 unspecified atom stereocenters. The number of nitrogens with zero attached hydrogens (tertiary/aromatic N) is 2. The first-order valence-corrected chi connectivity index (χ1v) is 7.58. The van der Waals surface area contributed by atoms with E-state index in [0.717, 1.165) is 25.8 Å². The number of nitrogen functional groups attached to an aromatic ring is 1. The summed E-state index contributed by atoms with van der Waals surface area (Å²) in [7, 11) is 0. The van der Waals surface area contributed by atoms with Gasteiger partial charge in [0.1, 0.15) is 5.69 Å². The lowest BCUT2D eigenvalue weighted by atomic mass is 10.00. The van der Waals surface area contributed by atoms with Gasteiger partial charge in [-0.25, -0.2) is 5.01 Å². The molecule has 2 atom stereocenters. The highest BCUT2D eigenvalue weighted by molar-refractivity contribution is 5.93. The fourth-order valence-electron chi connectivity index (χ4n) is 2.97. The summed E-state index contributed by atoms with van der Waals surface area (Å²) in [6.07, 6.45) is 6.30. The molecule has 20 heavy (non-hydrogen) atoms. The molecule has 0 saturated carbocycles. The maximum atomic E-state index is 12.5. The van der Waals surface area contributed by atoms with E-state index in [0.29, 0.717) is 23.5 Å². The lowest BCUT2D eigenvalue weighted by Crippen LogP contribution is -2.54. The Morgan fingerprint density at radius 3 is 2.65 bits per heavy atom. The van der Waals surface area contributed by atoms with Gasteiger partial charge in [-0.1, -0.05) is 13.3 Å². The minimum absolute atomic E-state index is 0.0595. The summed E-state index contributed by atoms with van der Waals surface area (Å²) >= 11 is 0. The van der Waals surface area contributed by atoms with Gasteiger partial charge >= 0.3 is 0 Å². The lowest BCUT2D eigenvalue weighted by Gasteiger charge is -2.38. The minimum Gasteiger partial charge on any atom is -0.397 e. The highest BCUT2D eigenvalue weighted by Gasteiger charge is 2.27. The van der Waals surface area contributed by atoms with Gasteiger partial charge in [0.2, 0.25) is 0 Å². The van der Waals surface area contributed by atoms with Crippen molar-refractivity contribution in [3.63, 3.8) is 0 Å². The van der Waals surface area contributed by atoms with Crippen molar-refractivity contribution in [2.75, 3.05) is 5.73 Å². The quantitative estimate of drug-likeness (QED) is 0.889. The van der Waals surface area contributed by atoms with Gasteiger partial charge in [0, 0.05) is 24.8 Å². The number of rotatable bonds is 4. The Morgan fingerprint density at radius 2 is 2.05 bits per heavy atom. The summed E-state index contributed by atoms with van der Waals surface area (Å²) < 4.78 is 1.93. The molecule has 1 amide bonds. The van der Waals surface area contributed by atoms with Crippen LogP contribution in [0.3, 0.4) is 0 Å². The number of amides is 1. The number of nitrogens with two attached hydrogens (primary N) is 1. The zero-order valence-corrected chi connectivity index (χ0v) is 12.7. The van der Waals surface area contributed by atoms with Crippen molar-refractivity contribution in [1.82, 2.24) is 15.0 Å². The van der Waals surface area contributed by atoms with Crippen molar-refractivity contribution >= 4 is 11.6 Å². The molecule has 1 aromatic rings. The number of nitrogens with one attached hydrogen (secondary N) is 1. The molecule has 1 aromatic heterocycles. The zero-order chi connectivity index (χ0) is 14.7. The molecule has 0 aliphatic carbocycles. The Kier molecular flexibility index (Phi) is 4.70. The predicted molar refractivity (Wildman–Crippen MR) is 81.2 cm³/mol. The standard InChI is InChI=1S/C15H26N4O/c1-4-8-18-10-13(16)9-14(18)15(20)17-19-11(2)6-5-7-12(19)3/h9-12H,4-8,16H2,1-3H3,(H,17,20). The maximum Gasteiger partial charge on any atom is 0.282 e. The summed E-state index contributed by atoms with van der Waals surface area (Å²) in [6.45, 7) is 7.22. The smallest absolute Gasteiger partial charge is 0.282 e. The summed E-state index contributed by atoms with van der Waals surface area (Å²) in [5, 5.41) is 2.09. The molecule has 5 heteroatoms. The van der Waals surface area contributed by atoms with E-state index >= 15 is 0 Å².